The first-order chi connectivity index (χ1) is 16.8. The number of urea groups is 1. The third kappa shape index (κ3) is 5.82. The van der Waals surface area contributed by atoms with Crippen LogP contribution in [0.3, 0.4) is 0 Å². The van der Waals surface area contributed by atoms with Gasteiger partial charge in [0.1, 0.15) is 23.1 Å². The highest BCUT2D eigenvalue weighted by Gasteiger charge is 2.34. The Morgan fingerprint density at radius 2 is 1.80 bits per heavy atom. The van der Waals surface area contributed by atoms with E-state index in [4.69, 9.17) is 16.3 Å². The van der Waals surface area contributed by atoms with Crippen LogP contribution in [0.2, 0.25) is 5.02 Å². The fourth-order valence-electron chi connectivity index (χ4n) is 3.28. The van der Waals surface area contributed by atoms with Crippen molar-refractivity contribution >= 4 is 41.2 Å². The number of hydrogen-bond acceptors (Lipinski definition) is 4. The monoisotopic (exact) mass is 497 g/mol. The van der Waals surface area contributed by atoms with Gasteiger partial charge in [0.2, 0.25) is 0 Å². The number of ether oxygens (including phenoxy) is 1. The lowest BCUT2D eigenvalue weighted by molar-refractivity contribution is -0.123. The van der Waals surface area contributed by atoms with Crippen molar-refractivity contribution in [2.75, 3.05) is 11.9 Å². The summed E-state index contributed by atoms with van der Waals surface area (Å²) >= 11 is 6.24. The first kappa shape index (κ1) is 23.9. The average molecular weight is 498 g/mol. The van der Waals surface area contributed by atoms with Gasteiger partial charge in [0.25, 0.3) is 11.8 Å². The Hall–Kier alpha value is -4.24. The van der Waals surface area contributed by atoms with Crippen LogP contribution in [0.15, 0.2) is 72.4 Å². The van der Waals surface area contributed by atoms with E-state index >= 15 is 0 Å². The van der Waals surface area contributed by atoms with E-state index in [-0.39, 0.29) is 35.2 Å². The van der Waals surface area contributed by atoms with Crippen LogP contribution in [0.5, 0.6) is 5.75 Å². The Morgan fingerprint density at radius 3 is 2.51 bits per heavy atom. The van der Waals surface area contributed by atoms with Gasteiger partial charge in [-0.2, -0.15) is 0 Å². The molecule has 2 N–H and O–H groups in total. The summed E-state index contributed by atoms with van der Waals surface area (Å²) in [5.74, 6) is -1.77. The van der Waals surface area contributed by atoms with Crippen molar-refractivity contribution in [1.82, 2.24) is 10.2 Å². The molecule has 4 rings (SSSR count). The largest absolute Gasteiger partial charge is 0.482 e. The molecule has 1 saturated heterocycles. The van der Waals surface area contributed by atoms with Crippen molar-refractivity contribution in [3.63, 3.8) is 0 Å². The van der Waals surface area contributed by atoms with Crippen LogP contribution in [-0.4, -0.2) is 29.4 Å². The molecule has 1 fully saturated rings. The zero-order valence-corrected chi connectivity index (χ0v) is 18.8. The molecule has 1 aliphatic rings. The Labute approximate surface area is 203 Å². The van der Waals surface area contributed by atoms with Gasteiger partial charge in [-0.3, -0.25) is 14.5 Å². The molecule has 0 aliphatic carbocycles. The van der Waals surface area contributed by atoms with E-state index in [2.05, 4.69) is 10.6 Å². The van der Waals surface area contributed by atoms with Crippen molar-refractivity contribution in [2.24, 2.45) is 0 Å². The lowest BCUT2D eigenvalue weighted by Gasteiger charge is -2.12. The summed E-state index contributed by atoms with van der Waals surface area (Å²) in [7, 11) is 0. The van der Waals surface area contributed by atoms with Crippen LogP contribution in [0.1, 0.15) is 11.1 Å². The normalized spacial score (nSPS) is 14.3. The van der Waals surface area contributed by atoms with Crippen molar-refractivity contribution in [3.05, 3.63) is 100 Å². The predicted octanol–water partition coefficient (Wildman–Crippen LogP) is 4.73. The number of carbonyl (C=O) groups excluding carboxylic acids is 3. The van der Waals surface area contributed by atoms with Crippen LogP contribution >= 0.6 is 11.6 Å². The molecule has 1 aliphatic heterocycles. The van der Waals surface area contributed by atoms with Gasteiger partial charge in [0, 0.05) is 11.3 Å². The Balaban J connectivity index is 1.39. The van der Waals surface area contributed by atoms with Crippen LogP contribution in [0, 0.1) is 11.6 Å². The number of halogens is 3. The van der Waals surface area contributed by atoms with E-state index in [1.54, 1.807) is 12.1 Å². The SMILES string of the molecule is O=C(COc1ccc(/C=C2/NC(=O)N(Cc3ccccc3F)C2=O)cc1Cl)Nc1ccc(F)cc1. The van der Waals surface area contributed by atoms with Crippen LogP contribution in [0.25, 0.3) is 6.08 Å². The highest BCUT2D eigenvalue weighted by molar-refractivity contribution is 6.32. The molecule has 3 aromatic rings. The van der Waals surface area contributed by atoms with Crippen LogP contribution < -0.4 is 15.4 Å². The molecular formula is C25H18ClF2N3O4. The number of hydrogen-bond donors (Lipinski definition) is 2. The molecule has 4 amide bonds. The fourth-order valence-corrected chi connectivity index (χ4v) is 3.52. The maximum Gasteiger partial charge on any atom is 0.329 e. The van der Waals surface area contributed by atoms with E-state index in [0.717, 1.165) is 4.90 Å². The van der Waals surface area contributed by atoms with E-state index in [9.17, 15) is 23.2 Å². The van der Waals surface area contributed by atoms with E-state index in [1.807, 2.05) is 0 Å². The van der Waals surface area contributed by atoms with Gasteiger partial charge in [-0.1, -0.05) is 35.9 Å². The van der Waals surface area contributed by atoms with Gasteiger partial charge in [-0.25, -0.2) is 13.6 Å². The number of amides is 4. The minimum atomic E-state index is -0.664. The quantitative estimate of drug-likeness (QED) is 0.365. The molecule has 0 aromatic heterocycles. The summed E-state index contributed by atoms with van der Waals surface area (Å²) in [5.41, 5.74) is 1.13. The molecule has 3 aromatic carbocycles. The molecule has 0 saturated carbocycles. The second kappa shape index (κ2) is 10.4. The molecular weight excluding hydrogens is 480 g/mol. The summed E-state index contributed by atoms with van der Waals surface area (Å²) in [6.45, 7) is -0.542. The summed E-state index contributed by atoms with van der Waals surface area (Å²) in [6, 6.07) is 15.1. The molecule has 7 nitrogen and oxygen atoms in total. The number of imide groups is 1. The van der Waals surface area contributed by atoms with Crippen LogP contribution in [-0.2, 0) is 16.1 Å². The third-order valence-electron chi connectivity index (χ3n) is 5.00. The number of benzene rings is 3. The molecule has 0 radical (unpaired) electrons. The minimum Gasteiger partial charge on any atom is -0.482 e. The Bertz CT molecular complexity index is 1330. The van der Waals surface area contributed by atoms with Gasteiger partial charge in [-0.15, -0.1) is 0 Å². The lowest BCUT2D eigenvalue weighted by atomic mass is 10.1. The number of rotatable bonds is 7. The first-order valence-corrected chi connectivity index (χ1v) is 10.7. The van der Waals surface area contributed by atoms with Crippen molar-refractivity contribution < 1.29 is 27.9 Å². The Morgan fingerprint density at radius 1 is 1.06 bits per heavy atom. The second-order valence-corrected chi connectivity index (χ2v) is 7.91. The minimum absolute atomic E-state index is 0.00903. The second-order valence-electron chi connectivity index (χ2n) is 7.50. The maximum atomic E-state index is 13.9. The fraction of sp³-hybridized carbons (Fsp3) is 0.0800. The molecule has 0 spiro atoms. The molecule has 0 unspecified atom stereocenters. The smallest absolute Gasteiger partial charge is 0.329 e. The first-order valence-electron chi connectivity index (χ1n) is 10.4. The average Bonchev–Trinajstić information content (AvgIpc) is 3.08. The highest BCUT2D eigenvalue weighted by Crippen LogP contribution is 2.27. The van der Waals surface area contributed by atoms with Gasteiger partial charge in [0.05, 0.1) is 11.6 Å². The number of anilines is 1. The van der Waals surface area contributed by atoms with Gasteiger partial charge >= 0.3 is 6.03 Å². The number of carbonyl (C=O) groups is 3. The van der Waals surface area contributed by atoms with Gasteiger partial charge in [0.15, 0.2) is 6.61 Å². The van der Waals surface area contributed by atoms with Crippen molar-refractivity contribution in [1.29, 1.82) is 0 Å². The standard InChI is InChI=1S/C25H18ClF2N3O4/c26-19-11-15(5-10-22(19)35-14-23(32)29-18-8-6-17(27)7-9-18)12-21-24(33)31(25(34)30-21)13-16-3-1-2-4-20(16)28/h1-12H,13-14H2,(H,29,32)(H,30,34)/b21-12+. The molecule has 0 atom stereocenters. The molecule has 35 heavy (non-hydrogen) atoms. The predicted molar refractivity (Wildman–Crippen MR) is 125 cm³/mol. The number of nitrogens with zero attached hydrogens (tertiary/aromatic N) is 1. The third-order valence-corrected chi connectivity index (χ3v) is 5.30. The zero-order valence-electron chi connectivity index (χ0n) is 18.1. The summed E-state index contributed by atoms with van der Waals surface area (Å²) in [4.78, 5) is 37.9. The van der Waals surface area contributed by atoms with Crippen LogP contribution in [0.4, 0.5) is 19.3 Å². The molecule has 0 bridgehead atoms. The maximum absolute atomic E-state index is 13.9. The van der Waals surface area contributed by atoms with E-state index in [0.29, 0.717) is 11.3 Å². The summed E-state index contributed by atoms with van der Waals surface area (Å²) in [6.07, 6.45) is 1.43. The van der Waals surface area contributed by atoms with Crippen molar-refractivity contribution in [2.45, 2.75) is 6.54 Å². The lowest BCUT2D eigenvalue weighted by Crippen LogP contribution is -2.30. The van der Waals surface area contributed by atoms with E-state index in [1.165, 1.54) is 60.7 Å². The summed E-state index contributed by atoms with van der Waals surface area (Å²) in [5, 5.41) is 5.21. The number of nitrogens with one attached hydrogen (secondary N) is 2. The summed E-state index contributed by atoms with van der Waals surface area (Å²) < 4.78 is 32.3. The molecule has 10 heteroatoms. The molecule has 1 heterocycles. The van der Waals surface area contributed by atoms with Gasteiger partial charge in [-0.05, 0) is 54.1 Å². The Kier molecular flexibility index (Phi) is 7.07. The van der Waals surface area contributed by atoms with E-state index < -0.39 is 29.5 Å². The zero-order chi connectivity index (χ0) is 24.9. The molecule has 178 valence electrons. The van der Waals surface area contributed by atoms with Gasteiger partial charge < -0.3 is 15.4 Å². The topological polar surface area (TPSA) is 87.7 Å². The van der Waals surface area contributed by atoms with Crippen molar-refractivity contribution in [3.8, 4) is 5.75 Å². The highest BCUT2D eigenvalue weighted by atomic mass is 35.5.